The Hall–Kier alpha value is -1.54. The van der Waals surface area contributed by atoms with Crippen molar-refractivity contribution >= 4 is 31.6 Å². The molecule has 2 aromatic rings. The van der Waals surface area contributed by atoms with Crippen LogP contribution in [0, 0.1) is 0 Å². The molecule has 0 atom stereocenters. The van der Waals surface area contributed by atoms with Crippen LogP contribution in [0.5, 0.6) is 0 Å². The number of sulfonamides is 1. The van der Waals surface area contributed by atoms with Gasteiger partial charge in [-0.2, -0.15) is 13.2 Å². The minimum Gasteiger partial charge on any atom is -0.267 e. The summed E-state index contributed by atoms with van der Waals surface area (Å²) in [6, 6.07) is 10.2. The van der Waals surface area contributed by atoms with Crippen molar-refractivity contribution < 1.29 is 21.6 Å². The summed E-state index contributed by atoms with van der Waals surface area (Å²) in [5.74, 6) is 0. The maximum absolute atomic E-state index is 12.8. The standard InChI is InChI=1S/C15H13BrF3NO2S/c1-2-20(13-5-3-4-11(10-13)15(17,18)19)23(21,22)14-8-6-12(16)7-9-14/h3-10H,2H2,1H3. The second-order valence-corrected chi connectivity index (χ2v) is 7.45. The first-order valence-electron chi connectivity index (χ1n) is 6.62. The summed E-state index contributed by atoms with van der Waals surface area (Å²) < 4.78 is 65.5. The van der Waals surface area contributed by atoms with Gasteiger partial charge in [-0.25, -0.2) is 8.42 Å². The van der Waals surface area contributed by atoms with Crippen molar-refractivity contribution in [3.05, 3.63) is 58.6 Å². The molecule has 0 saturated carbocycles. The SMILES string of the molecule is CCN(c1cccc(C(F)(F)F)c1)S(=O)(=O)c1ccc(Br)cc1. The molecule has 0 aliphatic rings. The fourth-order valence-corrected chi connectivity index (χ4v) is 3.79. The Balaban J connectivity index is 2.49. The van der Waals surface area contributed by atoms with Gasteiger partial charge in [0.05, 0.1) is 16.1 Å². The van der Waals surface area contributed by atoms with E-state index in [1.165, 1.54) is 24.3 Å². The van der Waals surface area contributed by atoms with Crippen molar-refractivity contribution in [3.8, 4) is 0 Å². The molecule has 0 aliphatic heterocycles. The van der Waals surface area contributed by atoms with E-state index in [1.54, 1.807) is 19.1 Å². The highest BCUT2D eigenvalue weighted by Gasteiger charge is 2.32. The van der Waals surface area contributed by atoms with Gasteiger partial charge in [-0.3, -0.25) is 4.31 Å². The Morgan fingerprint density at radius 1 is 1.09 bits per heavy atom. The Kier molecular flexibility index (Phi) is 5.05. The van der Waals surface area contributed by atoms with Gasteiger partial charge in [0.1, 0.15) is 0 Å². The number of anilines is 1. The normalized spacial score (nSPS) is 12.2. The highest BCUT2D eigenvalue weighted by Crippen LogP contribution is 2.33. The minimum absolute atomic E-state index is 0.0136. The molecule has 8 heteroatoms. The van der Waals surface area contributed by atoms with Crippen LogP contribution in [0.4, 0.5) is 18.9 Å². The molecule has 0 bridgehead atoms. The number of rotatable bonds is 4. The molecule has 0 amide bonds. The Morgan fingerprint density at radius 3 is 2.22 bits per heavy atom. The zero-order valence-corrected chi connectivity index (χ0v) is 14.4. The molecule has 0 aliphatic carbocycles. The molecule has 3 nitrogen and oxygen atoms in total. The average Bonchev–Trinajstić information content (AvgIpc) is 2.47. The van der Waals surface area contributed by atoms with Crippen LogP contribution in [0.2, 0.25) is 0 Å². The molecule has 0 N–H and O–H groups in total. The predicted octanol–water partition coefficient (Wildman–Crippen LogP) is 4.68. The molecular weight excluding hydrogens is 395 g/mol. The number of halogens is 4. The summed E-state index contributed by atoms with van der Waals surface area (Å²) in [7, 11) is -3.94. The first kappa shape index (κ1) is 17.8. The van der Waals surface area contributed by atoms with Crippen LogP contribution in [-0.2, 0) is 16.2 Å². The number of hydrogen-bond acceptors (Lipinski definition) is 2. The van der Waals surface area contributed by atoms with Gasteiger partial charge in [-0.1, -0.05) is 22.0 Å². The molecule has 0 fully saturated rings. The number of benzene rings is 2. The highest BCUT2D eigenvalue weighted by molar-refractivity contribution is 9.10. The monoisotopic (exact) mass is 407 g/mol. The smallest absolute Gasteiger partial charge is 0.267 e. The molecule has 2 aromatic carbocycles. The van der Waals surface area contributed by atoms with E-state index in [9.17, 15) is 21.6 Å². The lowest BCUT2D eigenvalue weighted by Gasteiger charge is -2.23. The summed E-state index contributed by atoms with van der Waals surface area (Å²) in [4.78, 5) is 0.0139. The molecule has 0 unspecified atom stereocenters. The van der Waals surface area contributed by atoms with Crippen molar-refractivity contribution in [2.75, 3.05) is 10.8 Å². The van der Waals surface area contributed by atoms with Crippen molar-refractivity contribution in [1.82, 2.24) is 0 Å². The molecule has 124 valence electrons. The van der Waals surface area contributed by atoms with E-state index >= 15 is 0 Å². The van der Waals surface area contributed by atoms with Crippen molar-refractivity contribution in [3.63, 3.8) is 0 Å². The maximum Gasteiger partial charge on any atom is 0.416 e. The average molecular weight is 408 g/mol. The minimum atomic E-state index is -4.53. The van der Waals surface area contributed by atoms with E-state index in [4.69, 9.17) is 0 Å². The van der Waals surface area contributed by atoms with E-state index in [2.05, 4.69) is 15.9 Å². The van der Waals surface area contributed by atoms with Gasteiger partial charge in [-0.15, -0.1) is 0 Å². The lowest BCUT2D eigenvalue weighted by atomic mass is 10.2. The molecule has 0 radical (unpaired) electrons. The van der Waals surface area contributed by atoms with Crippen LogP contribution in [-0.4, -0.2) is 15.0 Å². The topological polar surface area (TPSA) is 37.4 Å². The zero-order valence-electron chi connectivity index (χ0n) is 12.0. The summed E-state index contributed by atoms with van der Waals surface area (Å²) in [6.45, 7) is 1.58. The van der Waals surface area contributed by atoms with E-state index in [0.717, 1.165) is 16.4 Å². The van der Waals surface area contributed by atoms with E-state index in [1.807, 2.05) is 0 Å². The van der Waals surface area contributed by atoms with Crippen LogP contribution in [0.3, 0.4) is 0 Å². The van der Waals surface area contributed by atoms with Crippen molar-refractivity contribution in [2.45, 2.75) is 18.0 Å². The maximum atomic E-state index is 12.8. The largest absolute Gasteiger partial charge is 0.416 e. The third-order valence-electron chi connectivity index (χ3n) is 3.15. The second kappa shape index (κ2) is 6.52. The lowest BCUT2D eigenvalue weighted by molar-refractivity contribution is -0.137. The van der Waals surface area contributed by atoms with Gasteiger partial charge >= 0.3 is 6.18 Å². The van der Waals surface area contributed by atoms with Crippen LogP contribution >= 0.6 is 15.9 Å². The molecular formula is C15H13BrF3NO2S. The molecule has 23 heavy (non-hydrogen) atoms. The van der Waals surface area contributed by atoms with Gasteiger partial charge in [0.2, 0.25) is 0 Å². The fraction of sp³-hybridized carbons (Fsp3) is 0.200. The predicted molar refractivity (Wildman–Crippen MR) is 85.8 cm³/mol. The highest BCUT2D eigenvalue weighted by atomic mass is 79.9. The van der Waals surface area contributed by atoms with Crippen molar-refractivity contribution in [1.29, 1.82) is 0 Å². The Morgan fingerprint density at radius 2 is 1.70 bits per heavy atom. The third kappa shape index (κ3) is 3.87. The zero-order chi connectivity index (χ0) is 17.3. The lowest BCUT2D eigenvalue weighted by Crippen LogP contribution is -2.31. The summed E-state index contributed by atoms with van der Waals surface area (Å²) in [5, 5.41) is 0. The molecule has 0 spiro atoms. The molecule has 0 heterocycles. The summed E-state index contributed by atoms with van der Waals surface area (Å²) in [5.41, 5.74) is -0.912. The Labute approximate surface area is 140 Å². The second-order valence-electron chi connectivity index (χ2n) is 4.67. The van der Waals surface area contributed by atoms with Gasteiger partial charge < -0.3 is 0 Å². The van der Waals surface area contributed by atoms with Gasteiger partial charge in [-0.05, 0) is 49.4 Å². The molecule has 0 aromatic heterocycles. The number of alkyl halides is 3. The first-order valence-corrected chi connectivity index (χ1v) is 8.85. The van der Waals surface area contributed by atoms with Crippen molar-refractivity contribution in [2.24, 2.45) is 0 Å². The number of nitrogens with zero attached hydrogens (tertiary/aromatic N) is 1. The van der Waals surface area contributed by atoms with Crippen LogP contribution < -0.4 is 4.31 Å². The summed E-state index contributed by atoms with van der Waals surface area (Å²) in [6.07, 6.45) is -4.53. The first-order chi connectivity index (χ1) is 10.7. The van der Waals surface area contributed by atoms with E-state index in [-0.39, 0.29) is 17.1 Å². The molecule has 2 rings (SSSR count). The third-order valence-corrected chi connectivity index (χ3v) is 5.60. The molecule has 0 saturated heterocycles. The number of hydrogen-bond donors (Lipinski definition) is 0. The fourth-order valence-electron chi connectivity index (χ4n) is 2.06. The van der Waals surface area contributed by atoms with Crippen LogP contribution in [0.15, 0.2) is 57.9 Å². The quantitative estimate of drug-likeness (QED) is 0.737. The van der Waals surface area contributed by atoms with Gasteiger partial charge in [0.25, 0.3) is 10.0 Å². The van der Waals surface area contributed by atoms with E-state index < -0.39 is 21.8 Å². The van der Waals surface area contributed by atoms with Gasteiger partial charge in [0, 0.05) is 11.0 Å². The van der Waals surface area contributed by atoms with Crippen LogP contribution in [0.1, 0.15) is 12.5 Å². The van der Waals surface area contributed by atoms with E-state index in [0.29, 0.717) is 4.47 Å². The van der Waals surface area contributed by atoms with Crippen LogP contribution in [0.25, 0.3) is 0 Å². The Bertz CT molecular complexity index is 789. The van der Waals surface area contributed by atoms with Gasteiger partial charge in [0.15, 0.2) is 0 Å². The summed E-state index contributed by atoms with van der Waals surface area (Å²) >= 11 is 3.21.